The predicted molar refractivity (Wildman–Crippen MR) is 88.9 cm³/mol. The number of nitrogens with zero attached hydrogens (tertiary/aromatic N) is 1. The molecule has 2 aromatic rings. The van der Waals surface area contributed by atoms with E-state index in [1.165, 1.54) is 0 Å². The van der Waals surface area contributed by atoms with Gasteiger partial charge in [-0.15, -0.1) is 0 Å². The first-order chi connectivity index (χ1) is 10.2. The summed E-state index contributed by atoms with van der Waals surface area (Å²) in [4.78, 5) is 14.2. The van der Waals surface area contributed by atoms with Gasteiger partial charge in [0.05, 0.1) is 6.54 Å². The van der Waals surface area contributed by atoms with Crippen LogP contribution in [0.3, 0.4) is 0 Å². The van der Waals surface area contributed by atoms with Crippen molar-refractivity contribution in [2.75, 3.05) is 0 Å². The van der Waals surface area contributed by atoms with Crippen LogP contribution in [-0.2, 0) is 17.7 Å². The molecule has 0 N–H and O–H groups in total. The lowest BCUT2D eigenvalue weighted by molar-refractivity contribution is 0.0132. The Hall–Kier alpha value is -1.49. The normalized spacial score (nSPS) is 18.4. The molecule has 0 saturated carbocycles. The number of hydrogen-bond acceptors (Lipinski definition) is 3. The van der Waals surface area contributed by atoms with Gasteiger partial charge < -0.3 is 14.1 Å². The van der Waals surface area contributed by atoms with Gasteiger partial charge >= 0.3 is 6.09 Å². The average molecular weight is 366 g/mol. The summed E-state index contributed by atoms with van der Waals surface area (Å²) in [5.41, 5.74) is 1.46. The van der Waals surface area contributed by atoms with Crippen LogP contribution in [0.25, 0.3) is 11.0 Å². The summed E-state index contributed by atoms with van der Waals surface area (Å²) in [6.45, 7) is 8.21. The maximum absolute atomic E-state index is 12.4. The number of hydrogen-bond donors (Lipinski definition) is 0. The second kappa shape index (κ2) is 5.30. The fourth-order valence-electron chi connectivity index (χ4n) is 2.78. The average Bonchev–Trinajstić information content (AvgIpc) is 2.71. The largest absolute Gasteiger partial charge is 0.461 e. The molecule has 1 aromatic carbocycles. The monoisotopic (exact) mass is 365 g/mol. The lowest BCUT2D eigenvalue weighted by atomic mass is 10.0. The standard InChI is InChI=1S/C17H20BrNO3/c1-10-7-14-13(9-19(10)16(20)22-17(2,3)4)12-6-5-11(18)8-15(12)21-14/h5-6,8,10H,7,9H2,1-4H3. The summed E-state index contributed by atoms with van der Waals surface area (Å²) >= 11 is 3.46. The van der Waals surface area contributed by atoms with Crippen molar-refractivity contribution < 1.29 is 13.9 Å². The molecule has 4 nitrogen and oxygen atoms in total. The number of carbonyl (C=O) groups is 1. The summed E-state index contributed by atoms with van der Waals surface area (Å²) in [7, 11) is 0. The van der Waals surface area contributed by atoms with Gasteiger partial charge in [-0.05, 0) is 45.9 Å². The highest BCUT2D eigenvalue weighted by Gasteiger charge is 2.33. The van der Waals surface area contributed by atoms with Crippen molar-refractivity contribution >= 4 is 33.0 Å². The molecular weight excluding hydrogens is 346 g/mol. The number of carbonyl (C=O) groups excluding carboxylic acids is 1. The Morgan fingerprint density at radius 1 is 1.41 bits per heavy atom. The van der Waals surface area contributed by atoms with Gasteiger partial charge in [-0.3, -0.25) is 0 Å². The van der Waals surface area contributed by atoms with Crippen LogP contribution in [0.15, 0.2) is 27.1 Å². The van der Waals surface area contributed by atoms with E-state index in [4.69, 9.17) is 9.15 Å². The number of rotatable bonds is 0. The molecule has 118 valence electrons. The van der Waals surface area contributed by atoms with Crippen molar-refractivity contribution in [3.05, 3.63) is 34.0 Å². The van der Waals surface area contributed by atoms with E-state index in [2.05, 4.69) is 15.9 Å². The SMILES string of the molecule is CC1Cc2oc3cc(Br)ccc3c2CN1C(=O)OC(C)(C)C. The van der Waals surface area contributed by atoms with Crippen molar-refractivity contribution in [2.45, 2.75) is 52.3 Å². The molecule has 22 heavy (non-hydrogen) atoms. The molecule has 0 bridgehead atoms. The van der Waals surface area contributed by atoms with Crippen LogP contribution in [0.5, 0.6) is 0 Å². The fraction of sp³-hybridized carbons (Fsp3) is 0.471. The highest BCUT2D eigenvalue weighted by atomic mass is 79.9. The summed E-state index contributed by atoms with van der Waals surface area (Å²) < 4.78 is 12.5. The van der Waals surface area contributed by atoms with Crippen LogP contribution in [0.2, 0.25) is 0 Å². The van der Waals surface area contributed by atoms with Gasteiger partial charge in [0.2, 0.25) is 0 Å². The molecule has 0 aliphatic carbocycles. The highest BCUT2D eigenvalue weighted by Crippen LogP contribution is 2.34. The molecule has 0 fully saturated rings. The second-order valence-corrected chi connectivity index (χ2v) is 7.72. The Balaban J connectivity index is 1.94. The van der Waals surface area contributed by atoms with E-state index in [-0.39, 0.29) is 12.1 Å². The molecule has 5 heteroatoms. The molecule has 3 rings (SSSR count). The molecule has 2 heterocycles. The smallest absolute Gasteiger partial charge is 0.410 e. The lowest BCUT2D eigenvalue weighted by Crippen LogP contribution is -2.44. The summed E-state index contributed by atoms with van der Waals surface area (Å²) in [6.07, 6.45) is 0.443. The minimum Gasteiger partial charge on any atom is -0.461 e. The Morgan fingerprint density at radius 2 is 2.14 bits per heavy atom. The molecule has 1 unspecified atom stereocenters. The molecule has 0 spiro atoms. The maximum atomic E-state index is 12.4. The highest BCUT2D eigenvalue weighted by molar-refractivity contribution is 9.10. The first-order valence-corrected chi connectivity index (χ1v) is 8.23. The van der Waals surface area contributed by atoms with Crippen LogP contribution >= 0.6 is 15.9 Å². The van der Waals surface area contributed by atoms with Gasteiger partial charge in [-0.25, -0.2) is 4.79 Å². The first kappa shape index (κ1) is 15.4. The third-order valence-electron chi connectivity index (χ3n) is 3.81. The van der Waals surface area contributed by atoms with Gasteiger partial charge in [-0.1, -0.05) is 15.9 Å². The third-order valence-corrected chi connectivity index (χ3v) is 4.30. The van der Waals surface area contributed by atoms with Crippen LogP contribution in [0.4, 0.5) is 4.79 Å². The number of halogens is 1. The molecule has 1 atom stereocenters. The molecule has 1 aromatic heterocycles. The lowest BCUT2D eigenvalue weighted by Gasteiger charge is -2.34. The van der Waals surface area contributed by atoms with E-state index in [1.807, 2.05) is 45.9 Å². The Labute approximate surface area is 138 Å². The van der Waals surface area contributed by atoms with E-state index >= 15 is 0 Å². The minimum absolute atomic E-state index is 0.0614. The predicted octanol–water partition coefficient (Wildman–Crippen LogP) is 4.88. The fourth-order valence-corrected chi connectivity index (χ4v) is 3.12. The molecule has 1 aliphatic rings. The van der Waals surface area contributed by atoms with Gasteiger partial charge in [0.25, 0.3) is 0 Å². The van der Waals surface area contributed by atoms with E-state index in [0.29, 0.717) is 13.0 Å². The molecule has 0 saturated heterocycles. The van der Waals surface area contributed by atoms with Crippen LogP contribution in [0.1, 0.15) is 39.0 Å². The third kappa shape index (κ3) is 2.86. The van der Waals surface area contributed by atoms with Gasteiger partial charge in [0.15, 0.2) is 0 Å². The van der Waals surface area contributed by atoms with Crippen LogP contribution in [-0.4, -0.2) is 22.6 Å². The zero-order valence-electron chi connectivity index (χ0n) is 13.3. The number of ether oxygens (including phenoxy) is 1. The number of furan rings is 1. The maximum Gasteiger partial charge on any atom is 0.410 e. The van der Waals surface area contributed by atoms with Crippen molar-refractivity contribution in [3.8, 4) is 0 Å². The first-order valence-electron chi connectivity index (χ1n) is 7.44. The van der Waals surface area contributed by atoms with E-state index in [9.17, 15) is 4.79 Å². The Kier molecular flexibility index (Phi) is 3.71. The Morgan fingerprint density at radius 3 is 2.82 bits per heavy atom. The molecular formula is C17H20BrNO3. The molecule has 1 aliphatic heterocycles. The zero-order chi connectivity index (χ0) is 16.1. The summed E-state index contributed by atoms with van der Waals surface area (Å²) in [5.74, 6) is 0.973. The zero-order valence-corrected chi connectivity index (χ0v) is 14.9. The quantitative estimate of drug-likeness (QED) is 0.668. The minimum atomic E-state index is -0.486. The van der Waals surface area contributed by atoms with Crippen LogP contribution < -0.4 is 0 Å². The number of amides is 1. The van der Waals surface area contributed by atoms with Gasteiger partial charge in [0, 0.05) is 27.9 Å². The summed E-state index contributed by atoms with van der Waals surface area (Å²) in [5, 5.41) is 1.07. The molecule has 1 amide bonds. The number of benzene rings is 1. The van der Waals surface area contributed by atoms with E-state index in [1.54, 1.807) is 4.90 Å². The van der Waals surface area contributed by atoms with Crippen molar-refractivity contribution in [2.24, 2.45) is 0 Å². The topological polar surface area (TPSA) is 42.7 Å². The Bertz CT molecular complexity index is 729. The van der Waals surface area contributed by atoms with Crippen LogP contribution in [0, 0.1) is 0 Å². The second-order valence-electron chi connectivity index (χ2n) is 6.81. The van der Waals surface area contributed by atoms with E-state index in [0.717, 1.165) is 26.8 Å². The molecule has 0 radical (unpaired) electrons. The summed E-state index contributed by atoms with van der Waals surface area (Å²) in [6, 6.07) is 6.06. The van der Waals surface area contributed by atoms with Crippen molar-refractivity contribution in [1.29, 1.82) is 0 Å². The van der Waals surface area contributed by atoms with Gasteiger partial charge in [0.1, 0.15) is 16.9 Å². The van der Waals surface area contributed by atoms with Gasteiger partial charge in [-0.2, -0.15) is 0 Å². The van der Waals surface area contributed by atoms with Crippen molar-refractivity contribution in [1.82, 2.24) is 4.90 Å². The van der Waals surface area contributed by atoms with Crippen molar-refractivity contribution in [3.63, 3.8) is 0 Å². The van der Waals surface area contributed by atoms with E-state index < -0.39 is 5.60 Å². The number of fused-ring (bicyclic) bond motifs is 3.